The number of benzene rings is 1. The highest BCUT2D eigenvalue weighted by molar-refractivity contribution is 5.97. The lowest BCUT2D eigenvalue weighted by atomic mass is 9.50. The van der Waals surface area contributed by atoms with Crippen LogP contribution >= 0.6 is 0 Å². The molecule has 0 unspecified atom stereocenters. The third-order valence-corrected chi connectivity index (χ3v) is 5.75. The first-order valence-corrected chi connectivity index (χ1v) is 8.35. The minimum atomic E-state index is 0.0566. The highest BCUT2D eigenvalue weighted by Crippen LogP contribution is 2.59. The number of fused-ring (bicyclic) bond motifs is 1. The second-order valence-corrected chi connectivity index (χ2v) is 6.73. The molecule has 2 aliphatic carbocycles. The average Bonchev–Trinajstić information content (AvgIpc) is 2.95. The number of nitrogens with zero attached hydrogens (tertiary/aromatic N) is 3. The van der Waals surface area contributed by atoms with Crippen LogP contribution in [0.2, 0.25) is 0 Å². The van der Waals surface area contributed by atoms with Crippen molar-refractivity contribution in [2.75, 3.05) is 13.7 Å². The molecule has 6 heteroatoms. The van der Waals surface area contributed by atoms with Crippen LogP contribution in [0.5, 0.6) is 0 Å². The van der Waals surface area contributed by atoms with E-state index in [2.05, 4.69) is 15.4 Å². The van der Waals surface area contributed by atoms with Crippen molar-refractivity contribution < 1.29 is 9.53 Å². The first-order chi connectivity index (χ1) is 11.2. The minimum absolute atomic E-state index is 0.0566. The zero-order chi connectivity index (χ0) is 16.0. The average molecular weight is 314 g/mol. The van der Waals surface area contributed by atoms with Crippen LogP contribution in [0.1, 0.15) is 43.0 Å². The summed E-state index contributed by atoms with van der Waals surface area (Å²) in [6.07, 6.45) is 4.85. The third kappa shape index (κ3) is 2.08. The van der Waals surface area contributed by atoms with Crippen molar-refractivity contribution in [3.05, 3.63) is 23.8 Å². The number of aromatic amines is 1. The van der Waals surface area contributed by atoms with Gasteiger partial charge >= 0.3 is 0 Å². The number of hydrogen-bond acceptors (Lipinski definition) is 4. The summed E-state index contributed by atoms with van der Waals surface area (Å²) in [6.45, 7) is 2.79. The van der Waals surface area contributed by atoms with Crippen LogP contribution in [-0.2, 0) is 4.74 Å². The Labute approximate surface area is 135 Å². The Hall–Kier alpha value is -1.95. The van der Waals surface area contributed by atoms with Gasteiger partial charge in [0.05, 0.1) is 6.10 Å². The van der Waals surface area contributed by atoms with Crippen molar-refractivity contribution in [2.24, 2.45) is 5.41 Å². The van der Waals surface area contributed by atoms with Gasteiger partial charge in [-0.25, -0.2) is 0 Å². The van der Waals surface area contributed by atoms with Crippen LogP contribution < -0.4 is 0 Å². The maximum absolute atomic E-state index is 12.9. The van der Waals surface area contributed by atoms with Gasteiger partial charge in [0.25, 0.3) is 5.91 Å². The number of aromatic nitrogens is 3. The van der Waals surface area contributed by atoms with E-state index in [-0.39, 0.29) is 17.4 Å². The number of nitrogens with one attached hydrogen (secondary N) is 1. The van der Waals surface area contributed by atoms with Gasteiger partial charge < -0.3 is 9.64 Å². The molecule has 1 N–H and O–H groups in total. The second-order valence-electron chi connectivity index (χ2n) is 6.73. The molecule has 1 heterocycles. The predicted octanol–water partition coefficient (Wildman–Crippen LogP) is 2.38. The fourth-order valence-electron chi connectivity index (χ4n) is 4.26. The summed E-state index contributed by atoms with van der Waals surface area (Å²) in [5.74, 6) is 0.0566. The van der Waals surface area contributed by atoms with Crippen LogP contribution in [0.3, 0.4) is 0 Å². The van der Waals surface area contributed by atoms with Gasteiger partial charge in [0.15, 0.2) is 0 Å². The van der Waals surface area contributed by atoms with E-state index in [0.29, 0.717) is 11.7 Å². The molecule has 122 valence electrons. The van der Waals surface area contributed by atoms with Crippen molar-refractivity contribution in [1.29, 1.82) is 0 Å². The van der Waals surface area contributed by atoms with Crippen LogP contribution in [0, 0.1) is 5.41 Å². The minimum Gasteiger partial charge on any atom is -0.378 e. The first-order valence-electron chi connectivity index (χ1n) is 8.35. The van der Waals surface area contributed by atoms with Crippen LogP contribution in [0.15, 0.2) is 18.2 Å². The molecule has 2 aromatic rings. The molecule has 1 aromatic heterocycles. The van der Waals surface area contributed by atoms with E-state index in [0.717, 1.165) is 24.1 Å². The van der Waals surface area contributed by atoms with Crippen LogP contribution in [0.4, 0.5) is 0 Å². The van der Waals surface area contributed by atoms with Crippen molar-refractivity contribution in [3.63, 3.8) is 0 Å². The molecule has 2 atom stereocenters. The molecule has 1 spiro atoms. The summed E-state index contributed by atoms with van der Waals surface area (Å²) in [5, 5.41) is 10.7. The van der Waals surface area contributed by atoms with Gasteiger partial charge in [-0.05, 0) is 44.4 Å². The Balaban J connectivity index is 1.54. The predicted molar refractivity (Wildman–Crippen MR) is 86.1 cm³/mol. The summed E-state index contributed by atoms with van der Waals surface area (Å²) in [4.78, 5) is 14.8. The molecular weight excluding hydrogens is 292 g/mol. The molecule has 6 nitrogen and oxygen atoms in total. The van der Waals surface area contributed by atoms with Crippen molar-refractivity contribution in [2.45, 2.75) is 44.8 Å². The number of carbonyl (C=O) groups is 1. The largest absolute Gasteiger partial charge is 0.378 e. The molecule has 1 aromatic carbocycles. The van der Waals surface area contributed by atoms with Crippen molar-refractivity contribution in [1.82, 2.24) is 20.3 Å². The van der Waals surface area contributed by atoms with Crippen molar-refractivity contribution in [3.8, 4) is 0 Å². The van der Waals surface area contributed by atoms with E-state index in [9.17, 15) is 4.79 Å². The Morgan fingerprint density at radius 2 is 2.17 bits per heavy atom. The Kier molecular flexibility index (Phi) is 3.37. The highest BCUT2D eigenvalue weighted by Gasteiger charge is 2.60. The highest BCUT2D eigenvalue weighted by atomic mass is 16.5. The Bertz CT molecular complexity index is 737. The van der Waals surface area contributed by atoms with Gasteiger partial charge in [0.1, 0.15) is 11.0 Å². The summed E-state index contributed by atoms with van der Waals surface area (Å²) < 4.78 is 5.89. The fourth-order valence-corrected chi connectivity index (χ4v) is 4.26. The monoisotopic (exact) mass is 314 g/mol. The van der Waals surface area contributed by atoms with Crippen LogP contribution in [-0.4, -0.2) is 52.0 Å². The summed E-state index contributed by atoms with van der Waals surface area (Å²) >= 11 is 0. The third-order valence-electron chi connectivity index (χ3n) is 5.75. The molecule has 2 fully saturated rings. The quantitative estimate of drug-likeness (QED) is 0.940. The van der Waals surface area contributed by atoms with Crippen LogP contribution in [0.25, 0.3) is 11.0 Å². The molecule has 0 bridgehead atoms. The molecule has 2 aliphatic rings. The fraction of sp³-hybridized carbons (Fsp3) is 0.588. The lowest BCUT2D eigenvalue weighted by molar-refractivity contribution is -0.192. The van der Waals surface area contributed by atoms with Gasteiger partial charge in [-0.15, -0.1) is 0 Å². The van der Waals surface area contributed by atoms with E-state index < -0.39 is 0 Å². The Morgan fingerprint density at radius 1 is 1.39 bits per heavy atom. The molecule has 0 radical (unpaired) electrons. The molecule has 0 aliphatic heterocycles. The van der Waals surface area contributed by atoms with E-state index in [1.165, 1.54) is 19.3 Å². The molecule has 4 rings (SSSR count). The van der Waals surface area contributed by atoms with Crippen molar-refractivity contribution >= 4 is 16.9 Å². The van der Waals surface area contributed by atoms with E-state index in [1.54, 1.807) is 0 Å². The number of carbonyl (C=O) groups excluding carboxylic acids is 1. The number of amides is 1. The molecule has 23 heavy (non-hydrogen) atoms. The molecular formula is C17H22N4O2. The molecule has 0 saturated heterocycles. The van der Waals surface area contributed by atoms with E-state index in [1.807, 2.05) is 37.1 Å². The van der Waals surface area contributed by atoms with Gasteiger partial charge in [-0.2, -0.15) is 15.4 Å². The number of hydrogen-bond donors (Lipinski definition) is 1. The number of H-pyrrole nitrogens is 1. The SMILES string of the molecule is CCO[C@@H]1C[C@@H](N(C)C(=O)c2ccc3n[nH]nc3c2)C12CCC2. The maximum atomic E-state index is 12.9. The standard InChI is InChI=1S/C17H22N4O2/c1-3-23-15-10-14(17(15)7-4-8-17)21(2)16(22)11-5-6-12-13(9-11)19-20-18-12/h5-6,9,14-15H,3-4,7-8,10H2,1-2H3,(H,18,19,20)/t14-,15-/m1/s1. The van der Waals surface area contributed by atoms with E-state index >= 15 is 0 Å². The zero-order valence-electron chi connectivity index (χ0n) is 13.6. The lowest BCUT2D eigenvalue weighted by Crippen LogP contribution is -2.67. The van der Waals surface area contributed by atoms with Gasteiger partial charge in [-0.3, -0.25) is 4.79 Å². The summed E-state index contributed by atoms with van der Waals surface area (Å²) in [5.41, 5.74) is 2.37. The number of rotatable bonds is 4. The van der Waals surface area contributed by atoms with Gasteiger partial charge in [0.2, 0.25) is 0 Å². The number of ether oxygens (including phenoxy) is 1. The van der Waals surface area contributed by atoms with Gasteiger partial charge in [-0.1, -0.05) is 6.42 Å². The second kappa shape index (κ2) is 5.30. The lowest BCUT2D eigenvalue weighted by Gasteiger charge is -2.63. The summed E-state index contributed by atoms with van der Waals surface area (Å²) in [7, 11) is 1.92. The topological polar surface area (TPSA) is 71.1 Å². The zero-order valence-corrected chi connectivity index (χ0v) is 13.6. The maximum Gasteiger partial charge on any atom is 0.253 e. The summed E-state index contributed by atoms with van der Waals surface area (Å²) in [6, 6.07) is 5.76. The van der Waals surface area contributed by atoms with E-state index in [4.69, 9.17) is 4.74 Å². The van der Waals surface area contributed by atoms with Gasteiger partial charge in [0, 0.05) is 30.7 Å². The Morgan fingerprint density at radius 3 is 2.87 bits per heavy atom. The normalized spacial score (nSPS) is 25.1. The molecule has 2 saturated carbocycles. The first kappa shape index (κ1) is 14.6. The molecule has 1 amide bonds. The smallest absolute Gasteiger partial charge is 0.253 e.